The highest BCUT2D eigenvalue weighted by Crippen LogP contribution is 2.27. The van der Waals surface area contributed by atoms with Crippen molar-refractivity contribution in [2.45, 2.75) is 25.6 Å². The molecule has 0 spiro atoms. The Balaban J connectivity index is 1.43. The monoisotopic (exact) mass is 352 g/mol. The smallest absolute Gasteiger partial charge is 0.407 e. The molecule has 26 heavy (non-hydrogen) atoms. The van der Waals surface area contributed by atoms with Gasteiger partial charge in [-0.3, -0.25) is 4.79 Å². The summed E-state index contributed by atoms with van der Waals surface area (Å²) in [4.78, 5) is 31.4. The van der Waals surface area contributed by atoms with Crippen molar-refractivity contribution < 1.29 is 14.7 Å². The number of likely N-dealkylation sites (tertiary alicyclic amines) is 1. The Labute approximate surface area is 151 Å². The van der Waals surface area contributed by atoms with Crippen molar-refractivity contribution in [3.63, 3.8) is 0 Å². The number of pyridine rings is 1. The Hall–Kier alpha value is -3.09. The van der Waals surface area contributed by atoms with Crippen molar-refractivity contribution >= 4 is 17.8 Å². The highest BCUT2D eigenvalue weighted by atomic mass is 16.4. The Morgan fingerprint density at radius 2 is 1.88 bits per heavy atom. The molecule has 1 atom stereocenters. The molecule has 0 saturated carbocycles. The predicted molar refractivity (Wildman–Crippen MR) is 96.0 cm³/mol. The molecule has 0 aliphatic carbocycles. The van der Waals surface area contributed by atoms with Crippen LogP contribution in [-0.4, -0.2) is 46.1 Å². The van der Waals surface area contributed by atoms with Crippen LogP contribution in [0.1, 0.15) is 27.9 Å². The fraction of sp³-hybridized carbons (Fsp3) is 0.316. The number of anilines is 1. The van der Waals surface area contributed by atoms with Crippen LogP contribution in [0.5, 0.6) is 0 Å². The lowest BCUT2D eigenvalue weighted by molar-refractivity contribution is 0.0935. The van der Waals surface area contributed by atoms with E-state index in [0.29, 0.717) is 25.1 Å². The van der Waals surface area contributed by atoms with E-state index in [9.17, 15) is 9.59 Å². The first-order valence-corrected chi connectivity index (χ1v) is 8.66. The van der Waals surface area contributed by atoms with Crippen molar-refractivity contribution in [2.24, 2.45) is 0 Å². The number of aromatic nitrogens is 1. The number of amides is 2. The van der Waals surface area contributed by atoms with Crippen LogP contribution < -0.4 is 10.2 Å². The highest BCUT2D eigenvalue weighted by Gasteiger charge is 2.27. The molecule has 1 unspecified atom stereocenters. The Bertz CT molecular complexity index is 829. The molecule has 2 amide bonds. The minimum atomic E-state index is -0.943. The highest BCUT2D eigenvalue weighted by molar-refractivity contribution is 5.95. The van der Waals surface area contributed by atoms with Crippen molar-refractivity contribution in [1.82, 2.24) is 15.2 Å². The van der Waals surface area contributed by atoms with E-state index in [0.717, 1.165) is 18.9 Å². The van der Waals surface area contributed by atoms with Crippen LogP contribution in [0.25, 0.3) is 0 Å². The molecule has 1 aromatic carbocycles. The van der Waals surface area contributed by atoms with Crippen molar-refractivity contribution in [3.8, 4) is 0 Å². The third kappa shape index (κ3) is 3.20. The van der Waals surface area contributed by atoms with Crippen LogP contribution in [0, 0.1) is 0 Å². The number of hydrogen-bond acceptors (Lipinski definition) is 4. The second-order valence-corrected chi connectivity index (χ2v) is 6.72. The molecule has 7 heteroatoms. The number of nitrogens with one attached hydrogen (secondary N) is 1. The second-order valence-electron chi connectivity index (χ2n) is 6.72. The molecule has 1 fully saturated rings. The van der Waals surface area contributed by atoms with Gasteiger partial charge < -0.3 is 20.2 Å². The summed E-state index contributed by atoms with van der Waals surface area (Å²) in [5, 5.41) is 11.9. The first kappa shape index (κ1) is 16.4. The Morgan fingerprint density at radius 1 is 1.15 bits per heavy atom. The summed E-state index contributed by atoms with van der Waals surface area (Å²) in [5.41, 5.74) is 3.10. The van der Waals surface area contributed by atoms with Gasteiger partial charge in [0.1, 0.15) is 5.82 Å². The zero-order chi connectivity index (χ0) is 18.1. The number of benzene rings is 1. The van der Waals surface area contributed by atoms with Gasteiger partial charge in [0.15, 0.2) is 0 Å². The number of carbonyl (C=O) groups is 2. The van der Waals surface area contributed by atoms with Crippen LogP contribution in [0.2, 0.25) is 0 Å². The maximum atomic E-state index is 12.5. The van der Waals surface area contributed by atoms with Gasteiger partial charge in [-0.2, -0.15) is 0 Å². The van der Waals surface area contributed by atoms with Crippen LogP contribution in [0.3, 0.4) is 0 Å². The molecular formula is C19H20N4O3. The molecule has 0 radical (unpaired) electrons. The quantitative estimate of drug-likeness (QED) is 0.883. The summed E-state index contributed by atoms with van der Waals surface area (Å²) in [6.45, 7) is 2.35. The number of fused-ring (bicyclic) bond motifs is 1. The molecular weight excluding hydrogens is 332 g/mol. The van der Waals surface area contributed by atoms with Gasteiger partial charge in [0.2, 0.25) is 0 Å². The summed E-state index contributed by atoms with van der Waals surface area (Å²) in [7, 11) is 0. The maximum absolute atomic E-state index is 12.5. The molecule has 0 bridgehead atoms. The predicted octanol–water partition coefficient (Wildman–Crippen LogP) is 2.08. The van der Waals surface area contributed by atoms with Gasteiger partial charge in [-0.15, -0.1) is 0 Å². The summed E-state index contributed by atoms with van der Waals surface area (Å²) in [6, 6.07) is 11.6. The van der Waals surface area contributed by atoms with Crippen molar-refractivity contribution in [1.29, 1.82) is 0 Å². The van der Waals surface area contributed by atoms with E-state index in [4.69, 9.17) is 5.11 Å². The SMILES string of the molecule is O=C(NC1CCN(C(=O)O)C1)c1ccnc(N2Cc3ccccc3C2)c1. The zero-order valence-electron chi connectivity index (χ0n) is 14.3. The minimum Gasteiger partial charge on any atom is -0.465 e. The standard InChI is InChI=1S/C19H20N4O3/c24-18(21-16-6-8-22(12-16)19(25)26)13-5-7-20-17(9-13)23-10-14-3-1-2-4-15(14)11-23/h1-5,7,9,16H,6,8,10-12H2,(H,21,24)(H,25,26). The molecule has 134 valence electrons. The van der Waals surface area contributed by atoms with Crippen LogP contribution in [-0.2, 0) is 13.1 Å². The summed E-state index contributed by atoms with van der Waals surface area (Å²) in [6.07, 6.45) is 1.34. The lowest BCUT2D eigenvalue weighted by atomic mass is 10.1. The average Bonchev–Trinajstić information content (AvgIpc) is 3.28. The van der Waals surface area contributed by atoms with Gasteiger partial charge >= 0.3 is 6.09 Å². The number of hydrogen-bond donors (Lipinski definition) is 2. The Morgan fingerprint density at radius 3 is 2.54 bits per heavy atom. The van der Waals surface area contributed by atoms with Crippen molar-refractivity contribution in [3.05, 3.63) is 59.3 Å². The molecule has 1 aromatic heterocycles. The molecule has 7 nitrogen and oxygen atoms in total. The Kier molecular flexibility index (Phi) is 4.20. The third-order valence-electron chi connectivity index (χ3n) is 4.97. The molecule has 4 rings (SSSR count). The van der Waals surface area contributed by atoms with Crippen LogP contribution in [0.4, 0.5) is 10.6 Å². The minimum absolute atomic E-state index is 0.147. The lowest BCUT2D eigenvalue weighted by Crippen LogP contribution is -2.38. The van der Waals surface area contributed by atoms with Crippen LogP contribution in [0.15, 0.2) is 42.6 Å². The molecule has 1 saturated heterocycles. The summed E-state index contributed by atoms with van der Waals surface area (Å²) >= 11 is 0. The van der Waals surface area contributed by atoms with E-state index in [1.165, 1.54) is 16.0 Å². The van der Waals surface area contributed by atoms with E-state index < -0.39 is 6.09 Å². The topological polar surface area (TPSA) is 85.8 Å². The van der Waals surface area contributed by atoms with Gasteiger partial charge in [0, 0.05) is 44.0 Å². The average molecular weight is 352 g/mol. The third-order valence-corrected chi connectivity index (χ3v) is 4.97. The first-order chi connectivity index (χ1) is 12.6. The summed E-state index contributed by atoms with van der Waals surface area (Å²) in [5.74, 6) is 0.579. The number of carboxylic acid groups (broad SMARTS) is 1. The van der Waals surface area contributed by atoms with Gasteiger partial charge in [-0.1, -0.05) is 24.3 Å². The lowest BCUT2D eigenvalue weighted by Gasteiger charge is -2.18. The van der Waals surface area contributed by atoms with Crippen molar-refractivity contribution in [2.75, 3.05) is 18.0 Å². The fourth-order valence-electron chi connectivity index (χ4n) is 3.55. The van der Waals surface area contributed by atoms with Gasteiger partial charge in [0.05, 0.1) is 0 Å². The van der Waals surface area contributed by atoms with E-state index in [1.807, 2.05) is 12.1 Å². The van der Waals surface area contributed by atoms with E-state index in [2.05, 4.69) is 27.3 Å². The molecule has 2 aromatic rings. The van der Waals surface area contributed by atoms with E-state index >= 15 is 0 Å². The molecule has 2 aliphatic rings. The zero-order valence-corrected chi connectivity index (χ0v) is 14.3. The largest absolute Gasteiger partial charge is 0.465 e. The van der Waals surface area contributed by atoms with Gasteiger partial charge in [-0.05, 0) is 29.7 Å². The summed E-state index contributed by atoms with van der Waals surface area (Å²) < 4.78 is 0. The van der Waals surface area contributed by atoms with Crippen LogP contribution >= 0.6 is 0 Å². The molecule has 2 aliphatic heterocycles. The normalized spacial score (nSPS) is 18.7. The number of rotatable bonds is 3. The molecule has 3 heterocycles. The number of carbonyl (C=O) groups excluding carboxylic acids is 1. The first-order valence-electron chi connectivity index (χ1n) is 8.66. The second kappa shape index (κ2) is 6.67. The maximum Gasteiger partial charge on any atom is 0.407 e. The fourth-order valence-corrected chi connectivity index (χ4v) is 3.55. The van der Waals surface area contributed by atoms with E-state index in [1.54, 1.807) is 18.3 Å². The molecule has 2 N–H and O–H groups in total. The number of nitrogens with zero attached hydrogens (tertiary/aromatic N) is 3. The van der Waals surface area contributed by atoms with E-state index in [-0.39, 0.29) is 11.9 Å². The van der Waals surface area contributed by atoms with Gasteiger partial charge in [-0.25, -0.2) is 9.78 Å². The van der Waals surface area contributed by atoms with Gasteiger partial charge in [0.25, 0.3) is 5.91 Å².